The summed E-state index contributed by atoms with van der Waals surface area (Å²) >= 11 is 0. The molecule has 14 nitrogen and oxygen atoms in total. The molecule has 2 saturated heterocycles. The van der Waals surface area contributed by atoms with Gasteiger partial charge in [0.1, 0.15) is 48.8 Å². The Hall–Kier alpha value is -1.01. The van der Waals surface area contributed by atoms with Crippen LogP contribution in [-0.4, -0.2) is 136 Å². The lowest BCUT2D eigenvalue weighted by atomic mass is 9.97. The lowest BCUT2D eigenvalue weighted by Crippen LogP contribution is -2.64. The third-order valence-electron chi connectivity index (χ3n) is 5.76. The van der Waals surface area contributed by atoms with Gasteiger partial charge in [-0.15, -0.1) is 0 Å². The molecule has 0 spiro atoms. The predicted molar refractivity (Wildman–Crippen MR) is 113 cm³/mol. The molecule has 200 valence electrons. The van der Waals surface area contributed by atoms with E-state index in [1.807, 2.05) is 0 Å². The van der Waals surface area contributed by atoms with Crippen LogP contribution in [-0.2, 0) is 23.7 Å². The number of hydrogen-bond donors (Lipinski definition) is 9. The van der Waals surface area contributed by atoms with E-state index < -0.39 is 74.6 Å². The Kier molecular flexibility index (Phi) is 12.5. The first-order valence-corrected chi connectivity index (χ1v) is 11.4. The lowest BCUT2D eigenvalue weighted by Gasteiger charge is -2.45. The summed E-state index contributed by atoms with van der Waals surface area (Å²) in [6.07, 6.45) is -12.6. The van der Waals surface area contributed by atoms with Crippen LogP contribution in [0.15, 0.2) is 0 Å². The molecule has 10 atom stereocenters. The molecule has 34 heavy (non-hydrogen) atoms. The van der Waals surface area contributed by atoms with E-state index in [0.29, 0.717) is 38.8 Å². The molecule has 0 aliphatic carbocycles. The normalized spacial score (nSPS) is 38.6. The quantitative estimate of drug-likeness (QED) is 0.109. The molecule has 10 N–H and O–H groups in total. The highest BCUT2D eigenvalue weighted by molar-refractivity contribution is 5.75. The molecule has 14 heteroatoms. The van der Waals surface area contributed by atoms with Crippen molar-refractivity contribution in [3.05, 3.63) is 0 Å². The minimum absolute atomic E-state index is 0.0863. The van der Waals surface area contributed by atoms with Gasteiger partial charge in [-0.25, -0.2) is 0 Å². The first kappa shape index (κ1) is 29.2. The Labute approximate surface area is 197 Å². The average molecular weight is 499 g/mol. The van der Waals surface area contributed by atoms with Crippen molar-refractivity contribution in [1.29, 1.82) is 0 Å². The number of carbonyl (C=O) groups excluding carboxylic acids is 1. The Morgan fingerprint density at radius 1 is 0.824 bits per heavy atom. The van der Waals surface area contributed by atoms with Gasteiger partial charge in [0, 0.05) is 26.1 Å². The van der Waals surface area contributed by atoms with E-state index in [1.54, 1.807) is 0 Å². The third-order valence-corrected chi connectivity index (χ3v) is 5.76. The van der Waals surface area contributed by atoms with Crippen LogP contribution in [0, 0.1) is 0 Å². The molecule has 1 amide bonds. The summed E-state index contributed by atoms with van der Waals surface area (Å²) in [6, 6.07) is 0. The highest BCUT2D eigenvalue weighted by atomic mass is 16.7. The van der Waals surface area contributed by atoms with Gasteiger partial charge in [-0.2, -0.15) is 0 Å². The van der Waals surface area contributed by atoms with Gasteiger partial charge in [0.15, 0.2) is 12.6 Å². The van der Waals surface area contributed by atoms with Crippen molar-refractivity contribution < 1.29 is 59.5 Å². The van der Waals surface area contributed by atoms with E-state index in [0.717, 1.165) is 0 Å². The lowest BCUT2D eigenvalue weighted by molar-refractivity contribution is -0.359. The molecule has 0 aromatic carbocycles. The van der Waals surface area contributed by atoms with Gasteiger partial charge in [0.25, 0.3) is 0 Å². The highest BCUT2D eigenvalue weighted by Gasteiger charge is 2.50. The van der Waals surface area contributed by atoms with Gasteiger partial charge in [0.05, 0.1) is 13.2 Å². The van der Waals surface area contributed by atoms with Crippen molar-refractivity contribution in [1.82, 2.24) is 5.32 Å². The van der Waals surface area contributed by atoms with Crippen LogP contribution in [0.1, 0.15) is 25.7 Å². The Balaban J connectivity index is 1.83. The van der Waals surface area contributed by atoms with Crippen LogP contribution < -0.4 is 11.1 Å². The van der Waals surface area contributed by atoms with Gasteiger partial charge >= 0.3 is 0 Å². The number of rotatable bonds is 13. The van der Waals surface area contributed by atoms with E-state index in [9.17, 15) is 40.5 Å². The van der Waals surface area contributed by atoms with Crippen molar-refractivity contribution in [3.63, 3.8) is 0 Å². The molecular weight excluding hydrogens is 460 g/mol. The van der Waals surface area contributed by atoms with Crippen LogP contribution in [0.2, 0.25) is 0 Å². The molecule has 0 unspecified atom stereocenters. The van der Waals surface area contributed by atoms with E-state index in [4.69, 9.17) is 24.7 Å². The number of ether oxygens (including phenoxy) is 4. The van der Waals surface area contributed by atoms with Gasteiger partial charge in [-0.1, -0.05) is 6.42 Å². The molecule has 0 radical (unpaired) electrons. The van der Waals surface area contributed by atoms with Gasteiger partial charge in [-0.05, 0) is 12.8 Å². The monoisotopic (exact) mass is 498 g/mol. The first-order chi connectivity index (χ1) is 16.2. The number of aliphatic hydroxyl groups excluding tert-OH is 7. The van der Waals surface area contributed by atoms with E-state index in [2.05, 4.69) is 5.32 Å². The molecular formula is C20H38N2O12. The van der Waals surface area contributed by atoms with Crippen molar-refractivity contribution >= 4 is 5.91 Å². The molecule has 0 bridgehead atoms. The molecule has 2 fully saturated rings. The standard InChI is InChI=1S/C20H38N2O12/c21-5-6-22-12(25)4-2-1-3-7-31-19-17(30)15(28)18(11(9-24)33-19)34-20-16(29)14(27)13(26)10(8-23)32-20/h10-11,13-20,23-24,26-30H,1-9,21H2,(H,22,25)/t10-,11-,13+,14+,15-,16-,17-,18-,19-,20+/m1/s1. The van der Waals surface area contributed by atoms with Crippen molar-refractivity contribution in [2.75, 3.05) is 32.9 Å². The summed E-state index contributed by atoms with van der Waals surface area (Å²) in [5.74, 6) is -0.0863. The van der Waals surface area contributed by atoms with Gasteiger partial charge in [-0.3, -0.25) is 4.79 Å². The van der Waals surface area contributed by atoms with E-state index in [1.165, 1.54) is 0 Å². The smallest absolute Gasteiger partial charge is 0.220 e. The third kappa shape index (κ3) is 7.74. The highest BCUT2D eigenvalue weighted by Crippen LogP contribution is 2.29. The second-order valence-electron chi connectivity index (χ2n) is 8.32. The van der Waals surface area contributed by atoms with E-state index >= 15 is 0 Å². The van der Waals surface area contributed by atoms with Crippen LogP contribution in [0.25, 0.3) is 0 Å². The molecule has 2 rings (SSSR count). The minimum atomic E-state index is -1.73. The zero-order valence-electron chi connectivity index (χ0n) is 18.9. The minimum Gasteiger partial charge on any atom is -0.394 e. The molecule has 2 aliphatic heterocycles. The summed E-state index contributed by atoms with van der Waals surface area (Å²) in [6.45, 7) is -0.347. The fourth-order valence-corrected chi connectivity index (χ4v) is 3.76. The first-order valence-electron chi connectivity index (χ1n) is 11.4. The fourth-order valence-electron chi connectivity index (χ4n) is 3.76. The maximum absolute atomic E-state index is 11.5. The van der Waals surface area contributed by atoms with Crippen LogP contribution in [0.5, 0.6) is 0 Å². The SMILES string of the molecule is NCCNC(=O)CCCCCO[C@@H]1O[C@H](CO)[C@@H](O[C@@H]2O[C@H](CO)[C@H](O)[C@H](O)[C@H]2O)[C@H](O)[C@H]1O. The summed E-state index contributed by atoms with van der Waals surface area (Å²) in [4.78, 5) is 11.5. The number of aliphatic hydroxyl groups is 7. The number of nitrogens with one attached hydrogen (secondary N) is 1. The number of unbranched alkanes of at least 4 members (excludes halogenated alkanes) is 2. The summed E-state index contributed by atoms with van der Waals surface area (Å²) < 4.78 is 21.7. The largest absolute Gasteiger partial charge is 0.394 e. The van der Waals surface area contributed by atoms with E-state index in [-0.39, 0.29) is 12.5 Å². The summed E-state index contributed by atoms with van der Waals surface area (Å²) in [7, 11) is 0. The number of carbonyl (C=O) groups is 1. The van der Waals surface area contributed by atoms with Crippen LogP contribution in [0.3, 0.4) is 0 Å². The summed E-state index contributed by atoms with van der Waals surface area (Å²) in [5.41, 5.74) is 5.32. The maximum Gasteiger partial charge on any atom is 0.220 e. The molecule has 0 aromatic heterocycles. The maximum atomic E-state index is 11.5. The zero-order chi connectivity index (χ0) is 25.3. The van der Waals surface area contributed by atoms with Gasteiger partial charge < -0.3 is 65.7 Å². The van der Waals surface area contributed by atoms with Gasteiger partial charge in [0.2, 0.25) is 5.91 Å². The zero-order valence-corrected chi connectivity index (χ0v) is 18.9. The number of amides is 1. The summed E-state index contributed by atoms with van der Waals surface area (Å²) in [5, 5.41) is 72.5. The molecule has 0 saturated carbocycles. The number of hydrogen-bond acceptors (Lipinski definition) is 13. The van der Waals surface area contributed by atoms with Crippen molar-refractivity contribution in [3.8, 4) is 0 Å². The topological polar surface area (TPSA) is 234 Å². The fraction of sp³-hybridized carbons (Fsp3) is 0.950. The Bertz CT molecular complexity index is 598. The molecule has 0 aromatic rings. The predicted octanol–water partition coefficient (Wildman–Crippen LogP) is -4.74. The van der Waals surface area contributed by atoms with Crippen LogP contribution in [0.4, 0.5) is 0 Å². The molecule has 2 heterocycles. The average Bonchev–Trinajstić information content (AvgIpc) is 2.83. The van der Waals surface area contributed by atoms with Crippen molar-refractivity contribution in [2.45, 2.75) is 87.1 Å². The van der Waals surface area contributed by atoms with Crippen LogP contribution >= 0.6 is 0 Å². The second-order valence-corrected chi connectivity index (χ2v) is 8.32. The molecule has 2 aliphatic rings. The Morgan fingerprint density at radius 3 is 2.12 bits per heavy atom. The Morgan fingerprint density at radius 2 is 1.47 bits per heavy atom. The van der Waals surface area contributed by atoms with Crippen molar-refractivity contribution in [2.24, 2.45) is 5.73 Å². The number of nitrogens with two attached hydrogens (primary N) is 1. The second kappa shape index (κ2) is 14.5.